The molecular formula is C21H19N3OS. The Morgan fingerprint density at radius 1 is 1.12 bits per heavy atom. The zero-order valence-electron chi connectivity index (χ0n) is 14.5. The van der Waals surface area contributed by atoms with Crippen LogP contribution in [-0.2, 0) is 6.54 Å². The van der Waals surface area contributed by atoms with E-state index in [2.05, 4.69) is 22.1 Å². The SMILES string of the molecule is CCN(Cc1ccccc1)C(=O)c1ccc(-c2ccnc3[nH]ccc23)s1. The molecule has 1 amide bonds. The molecule has 0 atom stereocenters. The summed E-state index contributed by atoms with van der Waals surface area (Å²) in [5.74, 6) is 0.0759. The summed E-state index contributed by atoms with van der Waals surface area (Å²) >= 11 is 1.53. The fourth-order valence-electron chi connectivity index (χ4n) is 3.06. The lowest BCUT2D eigenvalue weighted by Gasteiger charge is -2.20. The average molecular weight is 361 g/mol. The van der Waals surface area contributed by atoms with Gasteiger partial charge in [0.1, 0.15) is 5.65 Å². The molecule has 0 unspecified atom stereocenters. The highest BCUT2D eigenvalue weighted by atomic mass is 32.1. The average Bonchev–Trinajstić information content (AvgIpc) is 3.35. The number of H-pyrrole nitrogens is 1. The number of carbonyl (C=O) groups excluding carboxylic acids is 1. The monoisotopic (exact) mass is 361 g/mol. The van der Waals surface area contributed by atoms with Gasteiger partial charge in [0.2, 0.25) is 0 Å². The van der Waals surface area contributed by atoms with Crippen LogP contribution in [0, 0.1) is 0 Å². The topological polar surface area (TPSA) is 49.0 Å². The van der Waals surface area contributed by atoms with Crippen LogP contribution >= 0.6 is 11.3 Å². The molecule has 130 valence electrons. The van der Waals surface area contributed by atoms with E-state index in [1.54, 1.807) is 6.20 Å². The molecule has 0 fully saturated rings. The number of aromatic nitrogens is 2. The molecule has 0 aliphatic heterocycles. The highest BCUT2D eigenvalue weighted by molar-refractivity contribution is 7.17. The molecule has 0 radical (unpaired) electrons. The first-order valence-corrected chi connectivity index (χ1v) is 9.43. The van der Waals surface area contributed by atoms with Crippen LogP contribution in [0.2, 0.25) is 0 Å². The smallest absolute Gasteiger partial charge is 0.264 e. The molecule has 0 saturated heterocycles. The van der Waals surface area contributed by atoms with Gasteiger partial charge in [0.25, 0.3) is 5.91 Å². The fraction of sp³-hybridized carbons (Fsp3) is 0.143. The number of hydrogen-bond donors (Lipinski definition) is 1. The van der Waals surface area contributed by atoms with Gasteiger partial charge >= 0.3 is 0 Å². The molecule has 1 aromatic carbocycles. The maximum atomic E-state index is 13.0. The maximum absolute atomic E-state index is 13.0. The molecule has 4 nitrogen and oxygen atoms in total. The molecule has 0 aliphatic carbocycles. The Kier molecular flexibility index (Phi) is 4.54. The van der Waals surface area contributed by atoms with Crippen molar-refractivity contribution in [1.82, 2.24) is 14.9 Å². The predicted octanol–water partition coefficient (Wildman–Crippen LogP) is 4.95. The number of fused-ring (bicyclic) bond motifs is 1. The van der Waals surface area contributed by atoms with Crippen molar-refractivity contribution in [3.05, 3.63) is 77.4 Å². The summed E-state index contributed by atoms with van der Waals surface area (Å²) < 4.78 is 0. The zero-order chi connectivity index (χ0) is 17.9. The predicted molar refractivity (Wildman–Crippen MR) is 106 cm³/mol. The highest BCUT2D eigenvalue weighted by Crippen LogP contribution is 2.33. The van der Waals surface area contributed by atoms with Crippen LogP contribution in [0.4, 0.5) is 0 Å². The van der Waals surface area contributed by atoms with Gasteiger partial charge in [-0.1, -0.05) is 30.3 Å². The first-order chi connectivity index (χ1) is 12.8. The normalized spacial score (nSPS) is 11.0. The number of thiophene rings is 1. The minimum absolute atomic E-state index is 0.0759. The lowest BCUT2D eigenvalue weighted by Crippen LogP contribution is -2.29. The van der Waals surface area contributed by atoms with Crippen molar-refractivity contribution in [2.75, 3.05) is 6.54 Å². The van der Waals surface area contributed by atoms with Crippen LogP contribution in [0.15, 0.2) is 67.0 Å². The molecule has 26 heavy (non-hydrogen) atoms. The van der Waals surface area contributed by atoms with Crippen LogP contribution in [0.5, 0.6) is 0 Å². The number of nitrogens with one attached hydrogen (secondary N) is 1. The van der Waals surface area contributed by atoms with Crippen molar-refractivity contribution < 1.29 is 4.79 Å². The third-order valence-electron chi connectivity index (χ3n) is 4.43. The van der Waals surface area contributed by atoms with Gasteiger partial charge in [-0.15, -0.1) is 11.3 Å². The second-order valence-corrected chi connectivity index (χ2v) is 7.15. The highest BCUT2D eigenvalue weighted by Gasteiger charge is 2.18. The van der Waals surface area contributed by atoms with Crippen LogP contribution in [0.1, 0.15) is 22.2 Å². The molecule has 1 N–H and O–H groups in total. The minimum atomic E-state index is 0.0759. The number of pyridine rings is 1. The van der Waals surface area contributed by atoms with Gasteiger partial charge in [-0.25, -0.2) is 4.98 Å². The summed E-state index contributed by atoms with van der Waals surface area (Å²) in [6, 6.07) is 18.1. The van der Waals surface area contributed by atoms with E-state index in [0.29, 0.717) is 13.1 Å². The summed E-state index contributed by atoms with van der Waals surface area (Å²) in [5, 5.41) is 1.07. The number of rotatable bonds is 5. The number of amides is 1. The molecule has 4 rings (SSSR count). The largest absolute Gasteiger partial charge is 0.346 e. The molecule has 4 aromatic rings. The van der Waals surface area contributed by atoms with E-state index >= 15 is 0 Å². The number of nitrogens with zero attached hydrogens (tertiary/aromatic N) is 2. The lowest BCUT2D eigenvalue weighted by molar-refractivity contribution is 0.0757. The molecule has 0 saturated carbocycles. The Bertz CT molecular complexity index is 1040. The van der Waals surface area contributed by atoms with Gasteiger partial charge in [0, 0.05) is 41.3 Å². The van der Waals surface area contributed by atoms with Crippen LogP contribution in [0.25, 0.3) is 21.5 Å². The number of carbonyl (C=O) groups is 1. The first kappa shape index (κ1) is 16.5. The summed E-state index contributed by atoms with van der Waals surface area (Å²) in [4.78, 5) is 24.1. The van der Waals surface area contributed by atoms with E-state index in [1.165, 1.54) is 11.3 Å². The lowest BCUT2D eigenvalue weighted by atomic mass is 10.1. The number of aromatic amines is 1. The number of benzene rings is 1. The third kappa shape index (κ3) is 3.13. The maximum Gasteiger partial charge on any atom is 0.264 e. The van der Waals surface area contributed by atoms with Gasteiger partial charge in [-0.2, -0.15) is 0 Å². The Morgan fingerprint density at radius 2 is 1.96 bits per heavy atom. The molecule has 0 spiro atoms. The van der Waals surface area contributed by atoms with E-state index < -0.39 is 0 Å². The van der Waals surface area contributed by atoms with Crippen molar-refractivity contribution in [2.45, 2.75) is 13.5 Å². The standard InChI is InChI=1S/C21H19N3OS/c1-2-24(14-15-6-4-3-5-7-15)21(25)19-9-8-18(26-19)16-10-12-22-20-17(16)11-13-23-20/h3-13H,2,14H2,1H3,(H,22,23). The van der Waals surface area contributed by atoms with E-state index in [1.807, 2.05) is 60.5 Å². The number of hydrogen-bond acceptors (Lipinski definition) is 3. The summed E-state index contributed by atoms with van der Waals surface area (Å²) in [6.45, 7) is 3.32. The van der Waals surface area contributed by atoms with Crippen molar-refractivity contribution in [2.24, 2.45) is 0 Å². The molecular weight excluding hydrogens is 342 g/mol. The Hall–Kier alpha value is -2.92. The van der Waals surface area contributed by atoms with E-state index in [-0.39, 0.29) is 5.91 Å². The second-order valence-electron chi connectivity index (χ2n) is 6.07. The van der Waals surface area contributed by atoms with Crippen LogP contribution in [0.3, 0.4) is 0 Å². The molecule has 3 heterocycles. The van der Waals surface area contributed by atoms with E-state index in [0.717, 1.165) is 31.9 Å². The van der Waals surface area contributed by atoms with Gasteiger partial charge in [-0.05, 0) is 36.8 Å². The quantitative estimate of drug-likeness (QED) is 0.546. The van der Waals surface area contributed by atoms with Crippen molar-refractivity contribution in [3.8, 4) is 10.4 Å². The van der Waals surface area contributed by atoms with Crippen molar-refractivity contribution >= 4 is 28.3 Å². The molecule has 0 bridgehead atoms. The summed E-state index contributed by atoms with van der Waals surface area (Å²) in [7, 11) is 0. The first-order valence-electron chi connectivity index (χ1n) is 8.61. The Labute approximate surface area is 156 Å². The van der Waals surface area contributed by atoms with E-state index in [9.17, 15) is 4.79 Å². The van der Waals surface area contributed by atoms with Gasteiger partial charge in [-0.3, -0.25) is 4.79 Å². The summed E-state index contributed by atoms with van der Waals surface area (Å²) in [5.41, 5.74) is 3.11. The van der Waals surface area contributed by atoms with Gasteiger partial charge < -0.3 is 9.88 Å². The van der Waals surface area contributed by atoms with Crippen LogP contribution in [-0.4, -0.2) is 27.3 Å². The molecule has 0 aliphatic rings. The second kappa shape index (κ2) is 7.14. The fourth-order valence-corrected chi connectivity index (χ4v) is 4.07. The molecule has 3 aromatic heterocycles. The van der Waals surface area contributed by atoms with Gasteiger partial charge in [0.05, 0.1) is 4.88 Å². The van der Waals surface area contributed by atoms with Crippen molar-refractivity contribution in [1.29, 1.82) is 0 Å². The minimum Gasteiger partial charge on any atom is -0.346 e. The summed E-state index contributed by atoms with van der Waals surface area (Å²) in [6.07, 6.45) is 3.68. The Balaban J connectivity index is 1.60. The van der Waals surface area contributed by atoms with Crippen LogP contribution < -0.4 is 0 Å². The molecule has 5 heteroatoms. The van der Waals surface area contributed by atoms with E-state index in [4.69, 9.17) is 0 Å². The van der Waals surface area contributed by atoms with Crippen molar-refractivity contribution in [3.63, 3.8) is 0 Å². The Morgan fingerprint density at radius 3 is 2.77 bits per heavy atom. The van der Waals surface area contributed by atoms with Gasteiger partial charge in [0.15, 0.2) is 0 Å². The zero-order valence-corrected chi connectivity index (χ0v) is 15.3. The third-order valence-corrected chi connectivity index (χ3v) is 5.53.